The minimum atomic E-state index is 0.687. The Balaban J connectivity index is 2.30. The maximum Gasteiger partial charge on any atom is 0.00387 e. The van der Waals surface area contributed by atoms with Crippen LogP contribution in [0.3, 0.4) is 0 Å². The van der Waals surface area contributed by atoms with Crippen LogP contribution in [0, 0.1) is 12.8 Å². The van der Waals surface area contributed by atoms with Gasteiger partial charge in [0.2, 0.25) is 0 Å². The van der Waals surface area contributed by atoms with E-state index in [1.165, 1.54) is 19.5 Å². The predicted molar refractivity (Wildman–Crippen MR) is 40.2 cm³/mol. The minimum Gasteiger partial charge on any atom is -0.301 e. The summed E-state index contributed by atoms with van der Waals surface area (Å²) in [5.41, 5.74) is 0. The molecule has 0 amide bonds. The molecule has 1 heterocycles. The van der Waals surface area contributed by atoms with E-state index in [1.54, 1.807) is 0 Å². The van der Waals surface area contributed by atoms with E-state index in [0.717, 1.165) is 6.04 Å². The number of nitrogens with zero attached hydrogens (tertiary/aromatic N) is 1. The van der Waals surface area contributed by atoms with Crippen LogP contribution in [0.4, 0.5) is 0 Å². The van der Waals surface area contributed by atoms with Gasteiger partial charge < -0.3 is 4.90 Å². The Kier molecular flexibility index (Phi) is 2.12. The first-order chi connectivity index (χ1) is 4.20. The lowest BCUT2D eigenvalue weighted by molar-refractivity contribution is 0.270. The van der Waals surface area contributed by atoms with E-state index in [-0.39, 0.29) is 0 Å². The number of hydrogen-bond donors (Lipinski definition) is 0. The first-order valence-corrected chi connectivity index (χ1v) is 3.77. The van der Waals surface area contributed by atoms with Crippen LogP contribution in [0.1, 0.15) is 20.3 Å². The summed E-state index contributed by atoms with van der Waals surface area (Å²) in [6, 6.07) is 0.719. The highest BCUT2D eigenvalue weighted by molar-refractivity contribution is 4.78. The number of hydrogen-bond acceptors (Lipinski definition) is 1. The molecule has 9 heavy (non-hydrogen) atoms. The van der Waals surface area contributed by atoms with Crippen molar-refractivity contribution in [3.8, 4) is 0 Å². The van der Waals surface area contributed by atoms with Gasteiger partial charge in [0.1, 0.15) is 0 Å². The highest BCUT2D eigenvalue weighted by Gasteiger charge is 2.19. The second-order valence-corrected chi connectivity index (χ2v) is 3.24. The average molecular weight is 126 g/mol. The molecule has 53 valence electrons. The topological polar surface area (TPSA) is 3.24 Å². The van der Waals surface area contributed by atoms with Gasteiger partial charge in [-0.2, -0.15) is 0 Å². The van der Waals surface area contributed by atoms with E-state index >= 15 is 0 Å². The van der Waals surface area contributed by atoms with Gasteiger partial charge in [0.05, 0.1) is 0 Å². The highest BCUT2D eigenvalue weighted by atomic mass is 15.2. The Labute approximate surface area is 58.0 Å². The zero-order valence-corrected chi connectivity index (χ0v) is 6.43. The first-order valence-electron chi connectivity index (χ1n) is 3.77. The maximum atomic E-state index is 4.03. The van der Waals surface area contributed by atoms with Crippen LogP contribution >= 0.6 is 0 Å². The molecule has 1 fully saturated rings. The van der Waals surface area contributed by atoms with E-state index in [0.29, 0.717) is 5.92 Å². The monoisotopic (exact) mass is 126 g/mol. The van der Waals surface area contributed by atoms with E-state index < -0.39 is 0 Å². The van der Waals surface area contributed by atoms with Gasteiger partial charge in [-0.3, -0.25) is 0 Å². The maximum absolute atomic E-state index is 4.03. The van der Waals surface area contributed by atoms with Gasteiger partial charge in [-0.15, -0.1) is 0 Å². The Morgan fingerprint density at radius 1 is 1.56 bits per heavy atom. The fourth-order valence-electron chi connectivity index (χ4n) is 1.33. The molecule has 0 N–H and O–H groups in total. The number of rotatable bonds is 1. The second kappa shape index (κ2) is 2.70. The average Bonchev–Trinajstić information content (AvgIpc) is 2.14. The molecule has 1 atom stereocenters. The van der Waals surface area contributed by atoms with Crippen molar-refractivity contribution in [2.75, 3.05) is 13.1 Å². The molecule has 1 nitrogen and oxygen atoms in total. The molecule has 0 aromatic heterocycles. The summed E-state index contributed by atoms with van der Waals surface area (Å²) in [4.78, 5) is 2.48. The minimum absolute atomic E-state index is 0.687. The quantitative estimate of drug-likeness (QED) is 0.515. The summed E-state index contributed by atoms with van der Waals surface area (Å²) < 4.78 is 0. The summed E-state index contributed by atoms with van der Waals surface area (Å²) in [6.07, 6.45) is 1.29. The Morgan fingerprint density at radius 3 is 2.44 bits per heavy atom. The molecule has 0 spiro atoms. The molecule has 0 saturated carbocycles. The third-order valence-corrected chi connectivity index (χ3v) is 2.05. The summed E-state index contributed by atoms with van der Waals surface area (Å²) in [5.74, 6) is 0.687. The SMILES string of the molecule is [CH2]C1CCN(C(C)C)C1. The Hall–Kier alpha value is -0.0400. The van der Waals surface area contributed by atoms with Crippen molar-refractivity contribution in [1.82, 2.24) is 4.90 Å². The first kappa shape index (κ1) is 7.07. The van der Waals surface area contributed by atoms with Crippen LogP contribution in [0.25, 0.3) is 0 Å². The van der Waals surface area contributed by atoms with Gasteiger partial charge in [0.15, 0.2) is 0 Å². The van der Waals surface area contributed by atoms with Gasteiger partial charge in [-0.25, -0.2) is 0 Å². The highest BCUT2D eigenvalue weighted by Crippen LogP contribution is 2.16. The molecule has 1 aliphatic heterocycles. The van der Waals surface area contributed by atoms with Crippen molar-refractivity contribution < 1.29 is 0 Å². The van der Waals surface area contributed by atoms with Crippen molar-refractivity contribution in [2.24, 2.45) is 5.92 Å². The summed E-state index contributed by atoms with van der Waals surface area (Å²) in [6.45, 7) is 11.0. The van der Waals surface area contributed by atoms with Crippen molar-refractivity contribution in [3.63, 3.8) is 0 Å². The molecule has 1 heteroatoms. The van der Waals surface area contributed by atoms with Gasteiger partial charge in [-0.05, 0) is 39.7 Å². The molecule has 1 aliphatic rings. The van der Waals surface area contributed by atoms with Crippen molar-refractivity contribution in [1.29, 1.82) is 0 Å². The van der Waals surface area contributed by atoms with E-state index in [1.807, 2.05) is 0 Å². The smallest absolute Gasteiger partial charge is 0.00387 e. The fraction of sp³-hybridized carbons (Fsp3) is 0.875. The molecular formula is C8H16N. The second-order valence-electron chi connectivity index (χ2n) is 3.24. The molecular weight excluding hydrogens is 110 g/mol. The van der Waals surface area contributed by atoms with E-state index in [4.69, 9.17) is 0 Å². The molecule has 1 saturated heterocycles. The van der Waals surface area contributed by atoms with Gasteiger partial charge >= 0.3 is 0 Å². The lowest BCUT2D eigenvalue weighted by Gasteiger charge is -2.19. The van der Waals surface area contributed by atoms with Crippen molar-refractivity contribution in [3.05, 3.63) is 6.92 Å². The normalized spacial score (nSPS) is 30.0. The Morgan fingerprint density at radius 2 is 2.22 bits per heavy atom. The van der Waals surface area contributed by atoms with Gasteiger partial charge in [-0.1, -0.05) is 0 Å². The standard InChI is InChI=1S/C8H16N/c1-7(2)9-5-4-8(3)6-9/h7-8H,3-6H2,1-2H3. The van der Waals surface area contributed by atoms with E-state index in [2.05, 4.69) is 25.7 Å². The van der Waals surface area contributed by atoms with Crippen LogP contribution in [0.2, 0.25) is 0 Å². The third kappa shape index (κ3) is 1.68. The number of likely N-dealkylation sites (tertiary alicyclic amines) is 1. The molecule has 0 aliphatic carbocycles. The molecule has 0 aromatic carbocycles. The molecule has 1 rings (SSSR count). The zero-order chi connectivity index (χ0) is 6.85. The van der Waals surface area contributed by atoms with E-state index in [9.17, 15) is 0 Å². The fourth-order valence-corrected chi connectivity index (χ4v) is 1.33. The van der Waals surface area contributed by atoms with Crippen LogP contribution in [-0.4, -0.2) is 24.0 Å². The lowest BCUT2D eigenvalue weighted by Crippen LogP contribution is -2.27. The summed E-state index contributed by atoms with van der Waals surface area (Å²) in [5, 5.41) is 0. The summed E-state index contributed by atoms with van der Waals surface area (Å²) >= 11 is 0. The van der Waals surface area contributed by atoms with Crippen LogP contribution in [-0.2, 0) is 0 Å². The predicted octanol–water partition coefficient (Wildman–Crippen LogP) is 1.55. The third-order valence-electron chi connectivity index (χ3n) is 2.05. The zero-order valence-electron chi connectivity index (χ0n) is 6.43. The van der Waals surface area contributed by atoms with Crippen molar-refractivity contribution >= 4 is 0 Å². The molecule has 0 bridgehead atoms. The summed E-state index contributed by atoms with van der Waals surface area (Å²) in [7, 11) is 0. The van der Waals surface area contributed by atoms with Crippen LogP contribution in [0.5, 0.6) is 0 Å². The van der Waals surface area contributed by atoms with Crippen molar-refractivity contribution in [2.45, 2.75) is 26.3 Å². The molecule has 1 unspecified atom stereocenters. The van der Waals surface area contributed by atoms with Crippen LogP contribution in [0.15, 0.2) is 0 Å². The largest absolute Gasteiger partial charge is 0.301 e. The molecule has 0 aromatic rings. The Bertz CT molecular complexity index is 88.6. The van der Waals surface area contributed by atoms with Crippen LogP contribution < -0.4 is 0 Å². The van der Waals surface area contributed by atoms with Gasteiger partial charge in [0, 0.05) is 12.6 Å². The van der Waals surface area contributed by atoms with Gasteiger partial charge in [0.25, 0.3) is 0 Å². The lowest BCUT2D eigenvalue weighted by atomic mass is 10.2. The molecule has 1 radical (unpaired) electrons.